The van der Waals surface area contributed by atoms with Gasteiger partial charge in [0.2, 0.25) is 0 Å². The van der Waals surface area contributed by atoms with E-state index in [1.165, 1.54) is 0 Å². The van der Waals surface area contributed by atoms with Crippen LogP contribution < -0.4 is 10.6 Å². The number of furan rings is 1. The molecule has 0 radical (unpaired) electrons. The molecule has 0 atom stereocenters. The molecule has 1 saturated heterocycles. The average Bonchev–Trinajstić information content (AvgIpc) is 3.18. The van der Waals surface area contributed by atoms with Crippen molar-refractivity contribution in [3.05, 3.63) is 65.2 Å². The fourth-order valence-corrected chi connectivity index (χ4v) is 4.10. The molecule has 3 aromatic rings. The molecule has 5 rings (SSSR count). The Morgan fingerprint density at radius 3 is 2.89 bits per heavy atom. The Morgan fingerprint density at radius 1 is 1.21 bits per heavy atom. The van der Waals surface area contributed by atoms with Gasteiger partial charge in [-0.3, -0.25) is 4.79 Å². The molecule has 142 valence electrons. The number of amides is 1. The van der Waals surface area contributed by atoms with E-state index in [0.29, 0.717) is 12.5 Å². The summed E-state index contributed by atoms with van der Waals surface area (Å²) < 4.78 is 5.51. The van der Waals surface area contributed by atoms with Crippen molar-refractivity contribution in [1.82, 2.24) is 15.6 Å². The molecule has 2 aromatic heterocycles. The molecule has 0 spiro atoms. The van der Waals surface area contributed by atoms with Gasteiger partial charge in [0.05, 0.1) is 23.0 Å². The number of benzene rings is 1. The minimum atomic E-state index is 0.0148. The molecule has 5 nitrogen and oxygen atoms in total. The summed E-state index contributed by atoms with van der Waals surface area (Å²) in [5.41, 5.74) is 4.80. The summed E-state index contributed by atoms with van der Waals surface area (Å²) >= 11 is 0. The molecule has 1 aliphatic carbocycles. The van der Waals surface area contributed by atoms with Crippen LogP contribution in [0.3, 0.4) is 0 Å². The van der Waals surface area contributed by atoms with Gasteiger partial charge in [-0.05, 0) is 54.7 Å². The first kappa shape index (κ1) is 17.2. The quantitative estimate of drug-likeness (QED) is 0.733. The van der Waals surface area contributed by atoms with Crippen molar-refractivity contribution >= 4 is 28.5 Å². The van der Waals surface area contributed by atoms with Crippen molar-refractivity contribution in [3.8, 4) is 0 Å². The van der Waals surface area contributed by atoms with Crippen molar-refractivity contribution in [2.75, 3.05) is 19.6 Å². The van der Waals surface area contributed by atoms with E-state index >= 15 is 0 Å². The Morgan fingerprint density at radius 2 is 2.11 bits per heavy atom. The first-order chi connectivity index (χ1) is 13.8. The van der Waals surface area contributed by atoms with Gasteiger partial charge in [-0.2, -0.15) is 0 Å². The van der Waals surface area contributed by atoms with E-state index in [9.17, 15) is 4.79 Å². The van der Waals surface area contributed by atoms with Gasteiger partial charge in [0.25, 0.3) is 5.91 Å². The third kappa shape index (κ3) is 3.12. The topological polar surface area (TPSA) is 67.2 Å². The highest BCUT2D eigenvalue weighted by molar-refractivity contribution is 6.09. The Bertz CT molecular complexity index is 1050. The number of carbonyl (C=O) groups is 1. The molecule has 1 aliphatic heterocycles. The first-order valence-electron chi connectivity index (χ1n) is 9.94. The molecule has 1 amide bonds. The van der Waals surface area contributed by atoms with Gasteiger partial charge in [0.1, 0.15) is 5.76 Å². The predicted molar refractivity (Wildman–Crippen MR) is 110 cm³/mol. The number of aromatic nitrogens is 1. The number of carbonyl (C=O) groups excluding carboxylic acids is 1. The third-order valence-electron chi connectivity index (χ3n) is 5.67. The Hall–Kier alpha value is -2.92. The lowest BCUT2D eigenvalue weighted by Gasteiger charge is -2.28. The highest BCUT2D eigenvalue weighted by atomic mass is 16.3. The van der Waals surface area contributed by atoms with E-state index < -0.39 is 0 Å². The lowest BCUT2D eigenvalue weighted by Crippen LogP contribution is -2.48. The van der Waals surface area contributed by atoms with Crippen LogP contribution >= 0.6 is 0 Å². The summed E-state index contributed by atoms with van der Waals surface area (Å²) in [5.74, 6) is 1.37. The summed E-state index contributed by atoms with van der Waals surface area (Å²) in [6, 6.07) is 11.8. The number of hydrogen-bond donors (Lipinski definition) is 2. The number of pyridine rings is 1. The molecule has 1 fully saturated rings. The largest absolute Gasteiger partial charge is 0.465 e. The molecule has 28 heavy (non-hydrogen) atoms. The second kappa shape index (κ2) is 7.24. The zero-order chi connectivity index (χ0) is 18.9. The summed E-state index contributed by atoms with van der Waals surface area (Å²) in [6.45, 7) is 2.67. The van der Waals surface area contributed by atoms with Crippen molar-refractivity contribution in [3.63, 3.8) is 0 Å². The van der Waals surface area contributed by atoms with E-state index in [2.05, 4.69) is 16.7 Å². The molecule has 2 N–H and O–H groups in total. The van der Waals surface area contributed by atoms with E-state index in [1.54, 1.807) is 6.26 Å². The van der Waals surface area contributed by atoms with Crippen LogP contribution in [-0.4, -0.2) is 30.5 Å². The van der Waals surface area contributed by atoms with Gasteiger partial charge in [0.15, 0.2) is 0 Å². The van der Waals surface area contributed by atoms with Crippen LogP contribution in [0.15, 0.2) is 47.1 Å². The zero-order valence-electron chi connectivity index (χ0n) is 15.7. The van der Waals surface area contributed by atoms with Gasteiger partial charge in [-0.25, -0.2) is 4.98 Å². The number of para-hydroxylation sites is 1. The number of allylic oxidation sites excluding steroid dienone is 1. The van der Waals surface area contributed by atoms with Gasteiger partial charge >= 0.3 is 0 Å². The highest BCUT2D eigenvalue weighted by Gasteiger charge is 2.26. The minimum absolute atomic E-state index is 0.0148. The van der Waals surface area contributed by atoms with Crippen LogP contribution in [-0.2, 0) is 6.42 Å². The van der Waals surface area contributed by atoms with E-state index in [-0.39, 0.29) is 5.91 Å². The van der Waals surface area contributed by atoms with Gasteiger partial charge in [0, 0.05) is 30.9 Å². The Kier molecular flexibility index (Phi) is 4.45. The van der Waals surface area contributed by atoms with Crippen LogP contribution in [0.4, 0.5) is 0 Å². The van der Waals surface area contributed by atoms with Crippen molar-refractivity contribution in [1.29, 1.82) is 0 Å². The fraction of sp³-hybridized carbons (Fsp3) is 0.304. The van der Waals surface area contributed by atoms with Crippen LogP contribution in [0, 0.1) is 5.92 Å². The van der Waals surface area contributed by atoms with Gasteiger partial charge in [-0.15, -0.1) is 0 Å². The zero-order valence-corrected chi connectivity index (χ0v) is 15.7. The van der Waals surface area contributed by atoms with Crippen LogP contribution in [0.5, 0.6) is 0 Å². The lowest BCUT2D eigenvalue weighted by molar-refractivity contribution is 0.0942. The van der Waals surface area contributed by atoms with Crippen LogP contribution in [0.2, 0.25) is 0 Å². The summed E-state index contributed by atoms with van der Waals surface area (Å²) in [7, 11) is 0. The molecule has 2 aliphatic rings. The summed E-state index contributed by atoms with van der Waals surface area (Å²) in [5, 5.41) is 7.35. The smallest absolute Gasteiger partial charge is 0.252 e. The predicted octanol–water partition coefficient (Wildman–Crippen LogP) is 3.65. The maximum atomic E-state index is 13.2. The Balaban J connectivity index is 1.61. The van der Waals surface area contributed by atoms with Crippen molar-refractivity contribution in [2.24, 2.45) is 5.92 Å². The number of nitrogens with one attached hydrogen (secondary N) is 2. The number of fused-ring (bicyclic) bond motifs is 2. The van der Waals surface area contributed by atoms with Crippen molar-refractivity contribution in [2.45, 2.75) is 19.3 Å². The Labute approximate surface area is 163 Å². The number of hydrogen-bond acceptors (Lipinski definition) is 4. The van der Waals surface area contributed by atoms with E-state index in [4.69, 9.17) is 9.40 Å². The monoisotopic (exact) mass is 373 g/mol. The fourth-order valence-electron chi connectivity index (χ4n) is 4.10. The van der Waals surface area contributed by atoms with Crippen LogP contribution in [0.1, 0.15) is 40.2 Å². The lowest BCUT2D eigenvalue weighted by atomic mass is 9.86. The number of rotatable bonds is 4. The van der Waals surface area contributed by atoms with Crippen molar-refractivity contribution < 1.29 is 9.21 Å². The molecule has 3 heterocycles. The van der Waals surface area contributed by atoms with E-state index in [1.807, 2.05) is 36.4 Å². The van der Waals surface area contributed by atoms with Crippen LogP contribution in [0.25, 0.3) is 22.6 Å². The standard InChI is InChI=1S/C23H23N3O2/c27-23(25-14-15-12-24-13-15)21-18-7-1-2-9-20(18)26-22-16(5-3-8-19(21)22)11-17-6-4-10-28-17/h1-2,4,6-7,9-11,15,24H,3,5,8,12-14H2,(H,25,27)/b16-11-. The second-order valence-corrected chi connectivity index (χ2v) is 7.60. The maximum absolute atomic E-state index is 13.2. The number of nitrogens with zero attached hydrogens (tertiary/aromatic N) is 1. The molecule has 5 heteroatoms. The van der Waals surface area contributed by atoms with E-state index in [0.717, 1.165) is 71.4 Å². The average molecular weight is 373 g/mol. The van der Waals surface area contributed by atoms with Gasteiger partial charge in [-0.1, -0.05) is 18.2 Å². The SMILES string of the molecule is O=C(NCC1CNC1)c1c2c(nc3ccccc13)/C(=C\c1ccco1)CCC2. The highest BCUT2D eigenvalue weighted by Crippen LogP contribution is 2.36. The second-order valence-electron chi connectivity index (χ2n) is 7.60. The molecule has 0 bridgehead atoms. The molecule has 0 unspecified atom stereocenters. The molecule has 0 saturated carbocycles. The first-order valence-corrected chi connectivity index (χ1v) is 9.94. The summed E-state index contributed by atoms with van der Waals surface area (Å²) in [6.07, 6.45) is 6.55. The summed E-state index contributed by atoms with van der Waals surface area (Å²) in [4.78, 5) is 18.1. The maximum Gasteiger partial charge on any atom is 0.252 e. The molecular formula is C23H23N3O2. The third-order valence-corrected chi connectivity index (χ3v) is 5.67. The minimum Gasteiger partial charge on any atom is -0.465 e. The molecule has 1 aromatic carbocycles. The van der Waals surface area contributed by atoms with Gasteiger partial charge < -0.3 is 15.1 Å². The normalized spacial score (nSPS) is 18.1. The molecular weight excluding hydrogens is 350 g/mol.